The SMILES string of the molecule is Cn1cnc(C(=O)NC(C(=O)O)C2CC2)c1. The normalized spacial score (nSPS) is 16.8. The minimum atomic E-state index is -0.980. The first kappa shape index (κ1) is 10.7. The van der Waals surface area contributed by atoms with Crippen molar-refractivity contribution in [2.75, 3.05) is 0 Å². The molecule has 86 valence electrons. The van der Waals surface area contributed by atoms with Crippen LogP contribution in [0.25, 0.3) is 0 Å². The summed E-state index contributed by atoms with van der Waals surface area (Å²) in [6.45, 7) is 0. The molecule has 0 radical (unpaired) electrons. The lowest BCUT2D eigenvalue weighted by atomic mass is 10.2. The summed E-state index contributed by atoms with van der Waals surface area (Å²) in [5.41, 5.74) is 0.245. The van der Waals surface area contributed by atoms with Crippen molar-refractivity contribution in [2.45, 2.75) is 18.9 Å². The third kappa shape index (κ3) is 2.21. The van der Waals surface area contributed by atoms with Crippen LogP contribution in [0.3, 0.4) is 0 Å². The molecule has 1 fully saturated rings. The Bertz CT molecular complexity index is 423. The molecule has 2 rings (SSSR count). The summed E-state index contributed by atoms with van der Waals surface area (Å²) in [5.74, 6) is -1.34. The van der Waals surface area contributed by atoms with Crippen molar-refractivity contribution < 1.29 is 14.7 Å². The van der Waals surface area contributed by atoms with Gasteiger partial charge in [0.1, 0.15) is 11.7 Å². The third-order valence-electron chi connectivity index (χ3n) is 2.58. The van der Waals surface area contributed by atoms with E-state index < -0.39 is 17.9 Å². The average Bonchev–Trinajstić information content (AvgIpc) is 2.96. The maximum absolute atomic E-state index is 11.7. The highest BCUT2D eigenvalue weighted by Crippen LogP contribution is 2.32. The number of rotatable bonds is 4. The van der Waals surface area contributed by atoms with Crippen LogP contribution in [-0.4, -0.2) is 32.6 Å². The highest BCUT2D eigenvalue weighted by molar-refractivity contribution is 5.94. The number of carboxylic acid groups (broad SMARTS) is 1. The van der Waals surface area contributed by atoms with Crippen LogP contribution in [0.4, 0.5) is 0 Å². The van der Waals surface area contributed by atoms with Crippen LogP contribution in [0.5, 0.6) is 0 Å². The van der Waals surface area contributed by atoms with Crippen molar-refractivity contribution >= 4 is 11.9 Å². The summed E-state index contributed by atoms with van der Waals surface area (Å²) in [7, 11) is 1.75. The Labute approximate surface area is 92.3 Å². The van der Waals surface area contributed by atoms with Crippen molar-refractivity contribution in [3.05, 3.63) is 18.2 Å². The van der Waals surface area contributed by atoms with Crippen LogP contribution >= 0.6 is 0 Å². The van der Waals surface area contributed by atoms with Gasteiger partial charge < -0.3 is 15.0 Å². The number of hydrogen-bond donors (Lipinski definition) is 2. The fourth-order valence-corrected chi connectivity index (χ4v) is 1.56. The second kappa shape index (κ2) is 3.96. The molecule has 1 unspecified atom stereocenters. The van der Waals surface area contributed by atoms with E-state index in [0.29, 0.717) is 0 Å². The topological polar surface area (TPSA) is 84.2 Å². The van der Waals surface area contributed by atoms with Gasteiger partial charge in [-0.25, -0.2) is 9.78 Å². The summed E-state index contributed by atoms with van der Waals surface area (Å²) < 4.78 is 1.64. The number of amides is 1. The van der Waals surface area contributed by atoms with Crippen LogP contribution in [-0.2, 0) is 11.8 Å². The first-order chi connectivity index (χ1) is 7.58. The molecule has 1 atom stereocenters. The number of carbonyl (C=O) groups is 2. The lowest BCUT2D eigenvalue weighted by molar-refractivity contribution is -0.139. The molecule has 16 heavy (non-hydrogen) atoms. The van der Waals surface area contributed by atoms with Gasteiger partial charge in [-0.15, -0.1) is 0 Å². The Morgan fingerprint density at radius 3 is 2.75 bits per heavy atom. The van der Waals surface area contributed by atoms with Gasteiger partial charge >= 0.3 is 5.97 Å². The molecule has 0 spiro atoms. The predicted octanol–water partition coefficient (Wildman–Crippen LogP) is 0.0131. The summed E-state index contributed by atoms with van der Waals surface area (Å²) in [6, 6.07) is -0.783. The molecular formula is C10H13N3O3. The van der Waals surface area contributed by atoms with Crippen LogP contribution in [0.15, 0.2) is 12.5 Å². The molecule has 6 heteroatoms. The molecule has 0 aromatic carbocycles. The minimum absolute atomic E-state index is 0.0742. The molecular weight excluding hydrogens is 210 g/mol. The lowest BCUT2D eigenvalue weighted by Crippen LogP contribution is -2.42. The van der Waals surface area contributed by atoms with Crippen molar-refractivity contribution in [1.29, 1.82) is 0 Å². The van der Waals surface area contributed by atoms with E-state index in [1.165, 1.54) is 6.33 Å². The Balaban J connectivity index is 2.02. The van der Waals surface area contributed by atoms with Gasteiger partial charge in [0.2, 0.25) is 0 Å². The predicted molar refractivity (Wildman–Crippen MR) is 54.8 cm³/mol. The number of imidazole rings is 1. The molecule has 1 saturated carbocycles. The summed E-state index contributed by atoms with van der Waals surface area (Å²) >= 11 is 0. The van der Waals surface area contributed by atoms with E-state index in [1.54, 1.807) is 17.8 Å². The van der Waals surface area contributed by atoms with Crippen molar-refractivity contribution in [1.82, 2.24) is 14.9 Å². The van der Waals surface area contributed by atoms with E-state index in [-0.39, 0.29) is 11.6 Å². The molecule has 1 amide bonds. The van der Waals surface area contributed by atoms with Gasteiger partial charge in [0.15, 0.2) is 0 Å². The maximum Gasteiger partial charge on any atom is 0.326 e. The van der Waals surface area contributed by atoms with E-state index in [9.17, 15) is 9.59 Å². The maximum atomic E-state index is 11.7. The van der Waals surface area contributed by atoms with Crippen LogP contribution in [0, 0.1) is 5.92 Å². The van der Waals surface area contributed by atoms with Crippen molar-refractivity contribution in [2.24, 2.45) is 13.0 Å². The zero-order valence-corrected chi connectivity index (χ0v) is 8.88. The Morgan fingerprint density at radius 1 is 1.62 bits per heavy atom. The number of aromatic nitrogens is 2. The molecule has 1 aliphatic carbocycles. The lowest BCUT2D eigenvalue weighted by Gasteiger charge is -2.12. The molecule has 0 aliphatic heterocycles. The largest absolute Gasteiger partial charge is 0.480 e. The van der Waals surface area contributed by atoms with Gasteiger partial charge in [-0.1, -0.05) is 0 Å². The minimum Gasteiger partial charge on any atom is -0.480 e. The molecule has 1 heterocycles. The number of aryl methyl sites for hydroxylation is 1. The average molecular weight is 223 g/mol. The third-order valence-corrected chi connectivity index (χ3v) is 2.58. The fourth-order valence-electron chi connectivity index (χ4n) is 1.56. The van der Waals surface area contributed by atoms with Crippen LogP contribution in [0.1, 0.15) is 23.3 Å². The standard InChI is InChI=1S/C10H13N3O3/c1-13-4-7(11-5-13)9(14)12-8(10(15)16)6-2-3-6/h4-6,8H,2-3H2,1H3,(H,12,14)(H,15,16). The summed E-state index contributed by atoms with van der Waals surface area (Å²) in [5, 5.41) is 11.4. The van der Waals surface area contributed by atoms with Gasteiger partial charge in [0.25, 0.3) is 5.91 Å². The molecule has 0 saturated heterocycles. The van der Waals surface area contributed by atoms with E-state index in [2.05, 4.69) is 10.3 Å². The highest BCUT2D eigenvalue weighted by atomic mass is 16.4. The molecule has 6 nitrogen and oxygen atoms in total. The van der Waals surface area contributed by atoms with Crippen molar-refractivity contribution in [3.8, 4) is 0 Å². The highest BCUT2D eigenvalue weighted by Gasteiger charge is 2.37. The second-order valence-electron chi connectivity index (χ2n) is 4.05. The zero-order chi connectivity index (χ0) is 11.7. The fraction of sp³-hybridized carbons (Fsp3) is 0.500. The molecule has 2 N–H and O–H groups in total. The smallest absolute Gasteiger partial charge is 0.326 e. The number of nitrogens with zero attached hydrogens (tertiary/aromatic N) is 2. The quantitative estimate of drug-likeness (QED) is 0.753. The van der Waals surface area contributed by atoms with Gasteiger partial charge in [0, 0.05) is 13.2 Å². The number of aliphatic carboxylic acids is 1. The van der Waals surface area contributed by atoms with Gasteiger partial charge in [-0.2, -0.15) is 0 Å². The van der Waals surface area contributed by atoms with Gasteiger partial charge in [-0.3, -0.25) is 4.79 Å². The Kier molecular flexibility index (Phi) is 2.64. The molecule has 0 bridgehead atoms. The van der Waals surface area contributed by atoms with E-state index in [1.807, 2.05) is 0 Å². The summed E-state index contributed by atoms with van der Waals surface area (Å²) in [4.78, 5) is 26.4. The first-order valence-electron chi connectivity index (χ1n) is 5.09. The van der Waals surface area contributed by atoms with Gasteiger partial charge in [0.05, 0.1) is 6.33 Å². The van der Waals surface area contributed by atoms with Crippen LogP contribution < -0.4 is 5.32 Å². The Morgan fingerprint density at radius 2 is 2.31 bits per heavy atom. The van der Waals surface area contributed by atoms with Gasteiger partial charge in [-0.05, 0) is 18.8 Å². The van der Waals surface area contributed by atoms with E-state index in [0.717, 1.165) is 12.8 Å². The monoisotopic (exact) mass is 223 g/mol. The van der Waals surface area contributed by atoms with E-state index in [4.69, 9.17) is 5.11 Å². The zero-order valence-electron chi connectivity index (χ0n) is 8.88. The molecule has 1 aromatic heterocycles. The number of carboxylic acids is 1. The Hall–Kier alpha value is -1.85. The number of nitrogens with one attached hydrogen (secondary N) is 1. The summed E-state index contributed by atoms with van der Waals surface area (Å²) in [6.07, 6.45) is 4.78. The number of hydrogen-bond acceptors (Lipinski definition) is 3. The number of carbonyl (C=O) groups excluding carboxylic acids is 1. The second-order valence-corrected chi connectivity index (χ2v) is 4.05. The molecule has 1 aliphatic rings. The molecule has 1 aromatic rings. The van der Waals surface area contributed by atoms with E-state index >= 15 is 0 Å². The van der Waals surface area contributed by atoms with Crippen molar-refractivity contribution in [3.63, 3.8) is 0 Å². The first-order valence-corrected chi connectivity index (χ1v) is 5.09. The van der Waals surface area contributed by atoms with Crippen LogP contribution in [0.2, 0.25) is 0 Å².